The Hall–Kier alpha value is -2.95. The Morgan fingerprint density at radius 3 is 2.47 bits per heavy atom. The van der Waals surface area contributed by atoms with E-state index in [-0.39, 0.29) is 17.3 Å². The van der Waals surface area contributed by atoms with E-state index >= 15 is 0 Å². The predicted octanol–water partition coefficient (Wildman–Crippen LogP) is 2.51. The van der Waals surface area contributed by atoms with Gasteiger partial charge in [-0.1, -0.05) is 36.4 Å². The maximum atomic E-state index is 13.1. The van der Waals surface area contributed by atoms with Crippen molar-refractivity contribution in [1.29, 1.82) is 0 Å². The van der Waals surface area contributed by atoms with E-state index in [2.05, 4.69) is 15.7 Å². The average molecular weight is 453 g/mol. The van der Waals surface area contributed by atoms with Crippen LogP contribution in [-0.4, -0.2) is 43.8 Å². The molecular formula is C23H24N4O4S. The standard InChI is InChI=1S/C23H24N4O4S/c1-27(2)13-5-12-25-30-31-32-15-10-8-14(9-11-15)21-19-18(23(29)26-21)20(24)16-6-3-4-7-17(16)22(19)28/h3-4,6-11,25H,5,12-13,24H2,1-2H3,(H,26,29). The molecule has 4 N–H and O–H groups in total. The minimum Gasteiger partial charge on any atom is -0.398 e. The quantitative estimate of drug-likeness (QED) is 0.231. The fourth-order valence-electron chi connectivity index (χ4n) is 3.63. The third-order valence-electron chi connectivity index (χ3n) is 5.17. The molecule has 0 unspecified atom stereocenters. The second-order valence-corrected chi connectivity index (χ2v) is 8.45. The Morgan fingerprint density at radius 2 is 1.75 bits per heavy atom. The number of rotatable bonds is 9. The van der Waals surface area contributed by atoms with Crippen molar-refractivity contribution in [1.82, 2.24) is 15.7 Å². The minimum absolute atomic E-state index is 0.214. The predicted molar refractivity (Wildman–Crippen MR) is 123 cm³/mol. The SMILES string of the molecule is CN(C)CCCNOOSc1ccc(C2=C3C(=O)c4ccccc4C(N)=C3C(=O)N2)cc1. The first-order chi connectivity index (χ1) is 15.5. The van der Waals surface area contributed by atoms with E-state index in [1.165, 1.54) is 0 Å². The Labute approximate surface area is 190 Å². The number of carbonyl (C=O) groups is 2. The maximum Gasteiger partial charge on any atom is 0.258 e. The molecule has 0 saturated heterocycles. The lowest BCUT2D eigenvalue weighted by molar-refractivity contribution is -0.244. The van der Waals surface area contributed by atoms with Crippen LogP contribution in [0.25, 0.3) is 11.4 Å². The molecule has 9 heteroatoms. The van der Waals surface area contributed by atoms with Gasteiger partial charge in [0.05, 0.1) is 34.6 Å². The summed E-state index contributed by atoms with van der Waals surface area (Å²) in [6, 6.07) is 14.3. The lowest BCUT2D eigenvalue weighted by atomic mass is 9.84. The average Bonchev–Trinajstić information content (AvgIpc) is 3.14. The number of nitrogens with zero attached hydrogens (tertiary/aromatic N) is 1. The number of ketones is 1. The zero-order chi connectivity index (χ0) is 22.7. The molecule has 1 aliphatic carbocycles. The highest BCUT2D eigenvalue weighted by Crippen LogP contribution is 2.39. The number of amides is 1. The largest absolute Gasteiger partial charge is 0.398 e. The van der Waals surface area contributed by atoms with Crippen LogP contribution in [0.1, 0.15) is 27.9 Å². The van der Waals surface area contributed by atoms with Gasteiger partial charge in [0, 0.05) is 22.6 Å². The van der Waals surface area contributed by atoms with Crippen molar-refractivity contribution in [3.8, 4) is 0 Å². The Kier molecular flexibility index (Phi) is 6.73. The number of Topliss-reactive ketones (excluding diaryl/α,β-unsaturated/α-hetero) is 1. The van der Waals surface area contributed by atoms with Crippen LogP contribution < -0.4 is 16.5 Å². The number of fused-ring (bicyclic) bond motifs is 2. The van der Waals surface area contributed by atoms with Crippen LogP contribution >= 0.6 is 12.0 Å². The van der Waals surface area contributed by atoms with Crippen molar-refractivity contribution < 1.29 is 18.9 Å². The van der Waals surface area contributed by atoms with Gasteiger partial charge in [-0.3, -0.25) is 9.59 Å². The van der Waals surface area contributed by atoms with Crippen LogP contribution in [0.4, 0.5) is 0 Å². The number of benzene rings is 2. The second-order valence-electron chi connectivity index (χ2n) is 7.68. The first-order valence-corrected chi connectivity index (χ1v) is 10.9. The molecule has 2 aromatic carbocycles. The van der Waals surface area contributed by atoms with Crippen LogP contribution in [0.15, 0.2) is 64.6 Å². The van der Waals surface area contributed by atoms with Crippen LogP contribution in [0.3, 0.4) is 0 Å². The van der Waals surface area contributed by atoms with E-state index in [4.69, 9.17) is 15.1 Å². The van der Waals surface area contributed by atoms with Gasteiger partial charge in [0.1, 0.15) is 0 Å². The monoisotopic (exact) mass is 452 g/mol. The molecule has 0 saturated carbocycles. The molecule has 0 bridgehead atoms. The maximum absolute atomic E-state index is 13.1. The zero-order valence-corrected chi connectivity index (χ0v) is 18.6. The summed E-state index contributed by atoms with van der Waals surface area (Å²) in [5.74, 6) is -0.584. The molecule has 0 spiro atoms. The van der Waals surface area contributed by atoms with Gasteiger partial charge in [-0.2, -0.15) is 5.48 Å². The van der Waals surface area contributed by atoms with Crippen molar-refractivity contribution in [2.45, 2.75) is 11.3 Å². The smallest absolute Gasteiger partial charge is 0.258 e. The molecule has 1 heterocycles. The van der Waals surface area contributed by atoms with E-state index in [0.29, 0.717) is 40.2 Å². The zero-order valence-electron chi connectivity index (χ0n) is 17.8. The molecule has 0 atom stereocenters. The minimum atomic E-state index is -0.370. The van der Waals surface area contributed by atoms with Crippen molar-refractivity contribution >= 4 is 35.1 Å². The molecule has 0 aromatic heterocycles. The summed E-state index contributed by atoms with van der Waals surface area (Å²) in [4.78, 5) is 33.6. The van der Waals surface area contributed by atoms with E-state index < -0.39 is 0 Å². The van der Waals surface area contributed by atoms with Gasteiger partial charge in [-0.25, -0.2) is 0 Å². The van der Waals surface area contributed by atoms with Gasteiger partial charge < -0.3 is 16.0 Å². The van der Waals surface area contributed by atoms with E-state index in [1.54, 1.807) is 24.3 Å². The molecule has 2 aromatic rings. The topological polar surface area (TPSA) is 106 Å². The second kappa shape index (κ2) is 9.68. The van der Waals surface area contributed by atoms with Crippen molar-refractivity contribution in [2.24, 2.45) is 5.73 Å². The third kappa shape index (κ3) is 4.47. The number of hydrogen-bond acceptors (Lipinski definition) is 8. The summed E-state index contributed by atoms with van der Waals surface area (Å²) in [6.07, 6.45) is 0.934. The molecule has 1 amide bonds. The highest BCUT2D eigenvalue weighted by molar-refractivity contribution is 7.94. The molecule has 2 aliphatic rings. The Balaban J connectivity index is 1.45. The van der Waals surface area contributed by atoms with Crippen LogP contribution in [0.2, 0.25) is 0 Å². The fraction of sp³-hybridized carbons (Fsp3) is 0.217. The molecule has 0 fully saturated rings. The van der Waals surface area contributed by atoms with Crippen molar-refractivity contribution in [3.05, 3.63) is 76.4 Å². The van der Waals surface area contributed by atoms with Crippen molar-refractivity contribution in [3.63, 3.8) is 0 Å². The first-order valence-electron chi connectivity index (χ1n) is 10.2. The Bertz CT molecular complexity index is 1110. The summed E-state index contributed by atoms with van der Waals surface area (Å²) in [7, 11) is 4.03. The van der Waals surface area contributed by atoms with Gasteiger partial charge in [0.25, 0.3) is 5.91 Å². The first kappa shape index (κ1) is 22.3. The summed E-state index contributed by atoms with van der Waals surface area (Å²) in [5, 5.41) is 2.81. The van der Waals surface area contributed by atoms with Gasteiger partial charge in [0.15, 0.2) is 5.78 Å². The van der Waals surface area contributed by atoms with Crippen LogP contribution in [0.5, 0.6) is 0 Å². The van der Waals surface area contributed by atoms with Gasteiger partial charge in [-0.15, -0.1) is 9.32 Å². The molecule has 166 valence electrons. The lowest BCUT2D eigenvalue weighted by Gasteiger charge is -2.18. The highest BCUT2D eigenvalue weighted by atomic mass is 32.2. The number of nitrogens with two attached hydrogens (primary N) is 1. The van der Waals surface area contributed by atoms with Gasteiger partial charge in [-0.05, 0) is 44.8 Å². The summed E-state index contributed by atoms with van der Waals surface area (Å²) < 4.78 is 5.10. The van der Waals surface area contributed by atoms with Gasteiger partial charge >= 0.3 is 0 Å². The van der Waals surface area contributed by atoms with Crippen LogP contribution in [0, 0.1) is 0 Å². The fourth-order valence-corrected chi connectivity index (χ4v) is 4.04. The molecular weight excluding hydrogens is 428 g/mol. The molecule has 4 rings (SSSR count). The van der Waals surface area contributed by atoms with Crippen molar-refractivity contribution in [2.75, 3.05) is 27.2 Å². The molecule has 32 heavy (non-hydrogen) atoms. The Morgan fingerprint density at radius 1 is 1.03 bits per heavy atom. The lowest BCUT2D eigenvalue weighted by Crippen LogP contribution is -2.22. The van der Waals surface area contributed by atoms with Crippen LogP contribution in [-0.2, 0) is 14.1 Å². The molecule has 0 radical (unpaired) electrons. The summed E-state index contributed by atoms with van der Waals surface area (Å²) in [6.45, 7) is 1.63. The molecule has 8 nitrogen and oxygen atoms in total. The number of hydrogen-bond donors (Lipinski definition) is 3. The third-order valence-corrected chi connectivity index (χ3v) is 5.77. The number of hydroxylamine groups is 1. The van der Waals surface area contributed by atoms with E-state index in [0.717, 1.165) is 29.9 Å². The van der Waals surface area contributed by atoms with Gasteiger partial charge in [0.2, 0.25) is 0 Å². The van der Waals surface area contributed by atoms with E-state index in [1.807, 2.05) is 38.4 Å². The summed E-state index contributed by atoms with van der Waals surface area (Å²) >= 11 is 1.06. The highest BCUT2D eigenvalue weighted by Gasteiger charge is 2.39. The normalized spacial score (nSPS) is 15.3. The van der Waals surface area contributed by atoms with E-state index in [9.17, 15) is 9.59 Å². The molecule has 1 aliphatic heterocycles. The number of nitrogens with one attached hydrogen (secondary N) is 2. The summed E-state index contributed by atoms with van der Waals surface area (Å²) in [5.41, 5.74) is 12.1. The number of carbonyl (C=O) groups excluding carboxylic acids is 2.